The summed E-state index contributed by atoms with van der Waals surface area (Å²) in [6.45, 7) is 4.39. The van der Waals surface area contributed by atoms with Crippen molar-refractivity contribution in [2.75, 3.05) is 0 Å². The van der Waals surface area contributed by atoms with Crippen LogP contribution in [0.1, 0.15) is 11.1 Å². The van der Waals surface area contributed by atoms with Crippen molar-refractivity contribution in [3.63, 3.8) is 0 Å². The van der Waals surface area contributed by atoms with E-state index in [4.69, 9.17) is 15.0 Å². The zero-order chi connectivity index (χ0) is 50.7. The highest BCUT2D eigenvalue weighted by atomic mass is 15.1. The molecule has 3 heterocycles. The Morgan fingerprint density at radius 1 is 0.289 bits per heavy atom. The van der Waals surface area contributed by atoms with Crippen molar-refractivity contribution in [2.24, 2.45) is 0 Å². The molecular weight excluding hydrogens is 923 g/mol. The minimum absolute atomic E-state index is 0.846. The average Bonchev–Trinajstić information content (AvgIpc) is 4.17. The summed E-state index contributed by atoms with van der Waals surface area (Å²) in [5.74, 6) is 2.65. The summed E-state index contributed by atoms with van der Waals surface area (Å²) >= 11 is 0. The molecule has 14 aromatic rings. The van der Waals surface area contributed by atoms with Gasteiger partial charge in [-0.05, 0) is 163 Å². The molecule has 0 N–H and O–H groups in total. The summed E-state index contributed by atoms with van der Waals surface area (Å²) in [5, 5.41) is 4.83. The Bertz CT molecular complexity index is 4470. The van der Waals surface area contributed by atoms with Crippen LogP contribution in [0.5, 0.6) is 0 Å². The molecular formula is C71H49N5. The van der Waals surface area contributed by atoms with E-state index in [0.717, 1.165) is 95.3 Å². The first-order chi connectivity index (χ1) is 37.5. The molecule has 0 bridgehead atoms. The number of aromatic nitrogens is 5. The third-order valence-corrected chi connectivity index (χ3v) is 15.0. The molecule has 0 atom stereocenters. The SMILES string of the molecule is Cc1cc(-c2ccc3c(-c4ccccc4)c4cc(-c5ccc(-c6cc(C)c7c(c6)nc(-c6ccccc6)n7-c6ccccn6)cc5)ccc4c(-c4ccccc4)c3c2)cc2nc(-c3ccccc3)n(-c3ccccc3)c12. The predicted octanol–water partition coefficient (Wildman–Crippen LogP) is 18.4. The van der Waals surface area contributed by atoms with E-state index in [1.807, 2.05) is 30.5 Å². The third kappa shape index (κ3) is 7.68. The maximum absolute atomic E-state index is 5.38. The smallest absolute Gasteiger partial charge is 0.146 e. The van der Waals surface area contributed by atoms with Crippen molar-refractivity contribution in [2.45, 2.75) is 13.8 Å². The highest BCUT2D eigenvalue weighted by Crippen LogP contribution is 2.47. The molecule has 0 spiro atoms. The second-order valence-electron chi connectivity index (χ2n) is 19.7. The number of para-hydroxylation sites is 1. The van der Waals surface area contributed by atoms with Gasteiger partial charge in [-0.1, -0.05) is 194 Å². The van der Waals surface area contributed by atoms with E-state index in [9.17, 15) is 0 Å². The van der Waals surface area contributed by atoms with Gasteiger partial charge in [0.15, 0.2) is 0 Å². The van der Waals surface area contributed by atoms with Crippen molar-refractivity contribution < 1.29 is 0 Å². The molecule has 0 radical (unpaired) electrons. The number of fused-ring (bicyclic) bond motifs is 4. The Hall–Kier alpha value is -9.97. The Labute approximate surface area is 441 Å². The summed E-state index contributed by atoms with van der Waals surface area (Å²) in [6, 6.07) is 91.5. The van der Waals surface area contributed by atoms with Gasteiger partial charge in [-0.15, -0.1) is 0 Å². The van der Waals surface area contributed by atoms with Crippen molar-refractivity contribution in [1.82, 2.24) is 24.1 Å². The number of aryl methyl sites for hydroxylation is 2. The minimum Gasteiger partial charge on any atom is -0.292 e. The number of pyridine rings is 1. The number of benzene rings is 11. The fourth-order valence-electron chi connectivity index (χ4n) is 11.5. The number of rotatable bonds is 9. The summed E-state index contributed by atoms with van der Waals surface area (Å²) in [7, 11) is 0. The van der Waals surface area contributed by atoms with E-state index in [1.165, 1.54) is 49.4 Å². The van der Waals surface area contributed by atoms with Crippen LogP contribution >= 0.6 is 0 Å². The molecule has 0 fully saturated rings. The van der Waals surface area contributed by atoms with Gasteiger partial charge in [0.1, 0.15) is 17.5 Å². The van der Waals surface area contributed by atoms with Gasteiger partial charge in [-0.25, -0.2) is 15.0 Å². The lowest BCUT2D eigenvalue weighted by atomic mass is 9.83. The van der Waals surface area contributed by atoms with Crippen LogP contribution in [0, 0.1) is 13.8 Å². The molecule has 0 aliphatic carbocycles. The fraction of sp³-hybridized carbons (Fsp3) is 0.0282. The minimum atomic E-state index is 0.846. The van der Waals surface area contributed by atoms with Crippen molar-refractivity contribution in [3.05, 3.63) is 272 Å². The van der Waals surface area contributed by atoms with E-state index in [-0.39, 0.29) is 0 Å². The Morgan fingerprint density at radius 2 is 0.684 bits per heavy atom. The van der Waals surface area contributed by atoms with Crippen LogP contribution in [0.2, 0.25) is 0 Å². The summed E-state index contributed by atoms with van der Waals surface area (Å²) in [6.07, 6.45) is 1.84. The number of hydrogen-bond acceptors (Lipinski definition) is 3. The third-order valence-electron chi connectivity index (χ3n) is 15.0. The molecule has 0 saturated heterocycles. The second-order valence-corrected chi connectivity index (χ2v) is 19.7. The summed E-state index contributed by atoms with van der Waals surface area (Å²) in [4.78, 5) is 15.4. The van der Waals surface area contributed by atoms with E-state index in [0.29, 0.717) is 0 Å². The molecule has 0 saturated carbocycles. The molecule has 358 valence electrons. The summed E-state index contributed by atoms with van der Waals surface area (Å²) < 4.78 is 4.50. The van der Waals surface area contributed by atoms with Gasteiger partial charge in [0.05, 0.1) is 22.1 Å². The lowest BCUT2D eigenvalue weighted by molar-refractivity contribution is 1.03. The number of nitrogens with zero attached hydrogens (tertiary/aromatic N) is 5. The van der Waals surface area contributed by atoms with Crippen LogP contribution in [0.4, 0.5) is 0 Å². The molecule has 0 amide bonds. The maximum Gasteiger partial charge on any atom is 0.146 e. The number of hydrogen-bond donors (Lipinski definition) is 0. The van der Waals surface area contributed by atoms with E-state index in [2.05, 4.69) is 254 Å². The first kappa shape index (κ1) is 44.7. The Balaban J connectivity index is 0.904. The van der Waals surface area contributed by atoms with Crippen LogP contribution in [0.15, 0.2) is 261 Å². The lowest BCUT2D eigenvalue weighted by Gasteiger charge is -2.20. The summed E-state index contributed by atoms with van der Waals surface area (Å²) in [5.41, 5.74) is 21.2. The molecule has 76 heavy (non-hydrogen) atoms. The number of imidazole rings is 2. The highest BCUT2D eigenvalue weighted by molar-refractivity contribution is 6.22. The normalized spacial score (nSPS) is 11.6. The van der Waals surface area contributed by atoms with Gasteiger partial charge >= 0.3 is 0 Å². The molecule has 0 aliphatic rings. The zero-order valence-corrected chi connectivity index (χ0v) is 42.1. The Morgan fingerprint density at radius 3 is 1.17 bits per heavy atom. The standard InChI is InChI=1S/C71H49N5/c1-46-41-57(45-63-68(46)75(58-28-16-7-17-29-58)70(73-63)52-24-12-5-13-25-52)55-36-38-60-62(43-55)67(51-22-10-4-11-23-51)59-37-35-54(42-61(59)66(60)50-20-8-3-9-21-50)48-31-33-49(34-32-48)56-40-47(2)69-64(44-56)74-71(53-26-14-6-15-27-53)76(69)65-30-18-19-39-72-65/h3-45H,1-2H3. The molecule has 14 rings (SSSR count). The quantitative estimate of drug-likeness (QED) is 0.135. The van der Waals surface area contributed by atoms with Crippen LogP contribution in [0.25, 0.3) is 134 Å². The van der Waals surface area contributed by atoms with E-state index in [1.54, 1.807) is 0 Å². The Kier molecular flexibility index (Phi) is 10.9. The predicted molar refractivity (Wildman–Crippen MR) is 316 cm³/mol. The second kappa shape index (κ2) is 18.5. The van der Waals surface area contributed by atoms with Gasteiger partial charge in [0.2, 0.25) is 0 Å². The first-order valence-electron chi connectivity index (χ1n) is 25.9. The van der Waals surface area contributed by atoms with Gasteiger partial charge in [0.25, 0.3) is 0 Å². The van der Waals surface area contributed by atoms with Crippen LogP contribution in [-0.4, -0.2) is 24.1 Å². The zero-order valence-electron chi connectivity index (χ0n) is 42.1. The average molecular weight is 972 g/mol. The van der Waals surface area contributed by atoms with Gasteiger partial charge in [0, 0.05) is 23.0 Å². The van der Waals surface area contributed by atoms with Crippen molar-refractivity contribution in [1.29, 1.82) is 0 Å². The van der Waals surface area contributed by atoms with E-state index >= 15 is 0 Å². The molecule has 0 aliphatic heterocycles. The molecule has 5 nitrogen and oxygen atoms in total. The molecule has 5 heteroatoms. The largest absolute Gasteiger partial charge is 0.292 e. The topological polar surface area (TPSA) is 48.5 Å². The van der Waals surface area contributed by atoms with Crippen molar-refractivity contribution in [3.8, 4) is 89.9 Å². The van der Waals surface area contributed by atoms with Gasteiger partial charge < -0.3 is 0 Å². The highest BCUT2D eigenvalue weighted by Gasteiger charge is 2.22. The molecule has 3 aromatic heterocycles. The fourth-order valence-corrected chi connectivity index (χ4v) is 11.5. The van der Waals surface area contributed by atoms with Gasteiger partial charge in [-0.3, -0.25) is 9.13 Å². The van der Waals surface area contributed by atoms with Crippen LogP contribution in [0.3, 0.4) is 0 Å². The van der Waals surface area contributed by atoms with Crippen molar-refractivity contribution >= 4 is 43.6 Å². The molecule has 0 unspecified atom stereocenters. The maximum atomic E-state index is 5.38. The lowest BCUT2D eigenvalue weighted by Crippen LogP contribution is -2.00. The first-order valence-corrected chi connectivity index (χ1v) is 25.9. The molecule has 11 aromatic carbocycles. The van der Waals surface area contributed by atoms with Gasteiger partial charge in [-0.2, -0.15) is 0 Å². The van der Waals surface area contributed by atoms with Crippen LogP contribution in [-0.2, 0) is 0 Å². The monoisotopic (exact) mass is 971 g/mol. The van der Waals surface area contributed by atoms with E-state index < -0.39 is 0 Å². The van der Waals surface area contributed by atoms with Crippen LogP contribution < -0.4 is 0 Å².